The third-order valence-corrected chi connectivity index (χ3v) is 5.92. The van der Waals surface area contributed by atoms with Gasteiger partial charge < -0.3 is 10.2 Å². The number of thiazole rings is 1. The monoisotopic (exact) mass is 319 g/mol. The van der Waals surface area contributed by atoms with Crippen molar-refractivity contribution in [3.63, 3.8) is 0 Å². The van der Waals surface area contributed by atoms with Crippen molar-refractivity contribution in [2.24, 2.45) is 5.92 Å². The Morgan fingerprint density at radius 3 is 2.86 bits per heavy atom. The van der Waals surface area contributed by atoms with Gasteiger partial charge in [0.15, 0.2) is 5.13 Å². The highest BCUT2D eigenvalue weighted by molar-refractivity contribution is 7.15. The van der Waals surface area contributed by atoms with Gasteiger partial charge in [0.25, 0.3) is 0 Å². The molecule has 0 aromatic carbocycles. The fourth-order valence-electron chi connectivity index (χ4n) is 3.44. The second kappa shape index (κ2) is 5.65. The number of aromatic nitrogens is 1. The van der Waals surface area contributed by atoms with E-state index in [9.17, 15) is 9.59 Å². The predicted molar refractivity (Wildman–Crippen MR) is 84.8 cm³/mol. The minimum absolute atomic E-state index is 0.0413. The molecule has 2 aliphatic carbocycles. The van der Waals surface area contributed by atoms with Crippen LogP contribution in [0.4, 0.5) is 5.13 Å². The first-order valence-corrected chi connectivity index (χ1v) is 9.11. The van der Waals surface area contributed by atoms with Crippen LogP contribution in [0.25, 0.3) is 0 Å². The number of anilines is 1. The minimum Gasteiger partial charge on any atom is -0.339 e. The summed E-state index contributed by atoms with van der Waals surface area (Å²) in [6.07, 6.45) is 8.34. The van der Waals surface area contributed by atoms with Crippen molar-refractivity contribution in [2.75, 3.05) is 11.9 Å². The van der Waals surface area contributed by atoms with Crippen LogP contribution in [0.3, 0.4) is 0 Å². The molecule has 1 aliphatic heterocycles. The van der Waals surface area contributed by atoms with Gasteiger partial charge in [-0.2, -0.15) is 0 Å². The fraction of sp³-hybridized carbons (Fsp3) is 0.688. The van der Waals surface area contributed by atoms with Gasteiger partial charge in [-0.3, -0.25) is 9.59 Å². The van der Waals surface area contributed by atoms with Gasteiger partial charge in [0.1, 0.15) is 0 Å². The van der Waals surface area contributed by atoms with Crippen LogP contribution in [0.2, 0.25) is 0 Å². The summed E-state index contributed by atoms with van der Waals surface area (Å²) in [5.41, 5.74) is 1.17. The number of fused-ring (bicyclic) bond motifs is 1. The molecule has 4 rings (SSSR count). The lowest BCUT2D eigenvalue weighted by molar-refractivity contribution is -0.128. The Morgan fingerprint density at radius 2 is 2.05 bits per heavy atom. The van der Waals surface area contributed by atoms with E-state index in [0.717, 1.165) is 25.7 Å². The summed E-state index contributed by atoms with van der Waals surface area (Å²) < 4.78 is 0. The van der Waals surface area contributed by atoms with Crippen molar-refractivity contribution >= 4 is 28.3 Å². The highest BCUT2D eigenvalue weighted by Gasteiger charge is 2.41. The predicted octanol–water partition coefficient (Wildman–Crippen LogP) is 2.36. The van der Waals surface area contributed by atoms with Crippen LogP contribution in [0.5, 0.6) is 0 Å². The summed E-state index contributed by atoms with van der Waals surface area (Å²) in [5.74, 6) is -0.116. The number of amides is 2. The first-order valence-electron chi connectivity index (χ1n) is 8.29. The molecule has 1 aromatic heterocycles. The summed E-state index contributed by atoms with van der Waals surface area (Å²) in [4.78, 5) is 32.2. The van der Waals surface area contributed by atoms with Crippen LogP contribution in [0, 0.1) is 5.92 Å². The molecule has 0 unspecified atom stereocenters. The molecule has 1 N–H and O–H groups in total. The highest BCUT2D eigenvalue weighted by Crippen LogP contribution is 2.34. The van der Waals surface area contributed by atoms with Crippen molar-refractivity contribution in [1.29, 1.82) is 0 Å². The van der Waals surface area contributed by atoms with Crippen molar-refractivity contribution in [3.05, 3.63) is 10.6 Å². The van der Waals surface area contributed by atoms with E-state index in [0.29, 0.717) is 24.1 Å². The normalized spacial score (nSPS) is 25.0. The Balaban J connectivity index is 1.41. The summed E-state index contributed by atoms with van der Waals surface area (Å²) in [6.45, 7) is 0.584. The van der Waals surface area contributed by atoms with Crippen LogP contribution in [0.1, 0.15) is 49.1 Å². The largest absolute Gasteiger partial charge is 0.339 e. The van der Waals surface area contributed by atoms with Crippen molar-refractivity contribution < 1.29 is 9.59 Å². The molecule has 1 atom stereocenters. The molecule has 2 fully saturated rings. The fourth-order valence-corrected chi connectivity index (χ4v) is 4.49. The van der Waals surface area contributed by atoms with Gasteiger partial charge in [-0.1, -0.05) is 6.42 Å². The third kappa shape index (κ3) is 2.76. The van der Waals surface area contributed by atoms with Crippen molar-refractivity contribution in [3.8, 4) is 0 Å². The lowest BCUT2D eigenvalue weighted by Gasteiger charge is -2.14. The molecule has 1 aromatic rings. The average molecular weight is 319 g/mol. The summed E-state index contributed by atoms with van der Waals surface area (Å²) in [5, 5.41) is 3.67. The molecule has 0 spiro atoms. The lowest BCUT2D eigenvalue weighted by Crippen LogP contribution is -2.29. The molecule has 5 nitrogen and oxygen atoms in total. The van der Waals surface area contributed by atoms with E-state index in [1.54, 1.807) is 11.3 Å². The lowest BCUT2D eigenvalue weighted by atomic mass is 10.1. The van der Waals surface area contributed by atoms with E-state index in [2.05, 4.69) is 10.3 Å². The summed E-state index contributed by atoms with van der Waals surface area (Å²) in [6, 6.07) is 0.404. The Hall–Kier alpha value is -1.43. The number of carbonyl (C=O) groups excluding carboxylic acids is 2. The zero-order valence-electron chi connectivity index (χ0n) is 12.6. The maximum Gasteiger partial charge on any atom is 0.231 e. The van der Waals surface area contributed by atoms with Gasteiger partial charge in [0.2, 0.25) is 11.8 Å². The van der Waals surface area contributed by atoms with Crippen LogP contribution in [0.15, 0.2) is 0 Å². The molecule has 22 heavy (non-hydrogen) atoms. The zero-order chi connectivity index (χ0) is 15.1. The molecule has 1 saturated carbocycles. The first-order chi connectivity index (χ1) is 10.7. The van der Waals surface area contributed by atoms with Gasteiger partial charge in [-0.05, 0) is 38.5 Å². The molecular weight excluding hydrogens is 298 g/mol. The van der Waals surface area contributed by atoms with Crippen LogP contribution in [-0.4, -0.2) is 34.3 Å². The Kier molecular flexibility index (Phi) is 3.64. The SMILES string of the molecule is O=C(Nc1nc2c(s1)CCCCC2)[C@@H]1CC(=O)N(C2CC2)C1. The molecule has 0 radical (unpaired) electrons. The topological polar surface area (TPSA) is 62.3 Å². The maximum absolute atomic E-state index is 12.4. The molecule has 2 heterocycles. The van der Waals surface area contributed by atoms with E-state index in [1.165, 1.54) is 29.8 Å². The van der Waals surface area contributed by atoms with E-state index >= 15 is 0 Å². The summed E-state index contributed by atoms with van der Waals surface area (Å²) in [7, 11) is 0. The van der Waals surface area contributed by atoms with Gasteiger partial charge in [0.05, 0.1) is 11.6 Å². The molecule has 1 saturated heterocycles. The third-order valence-electron chi connectivity index (χ3n) is 4.84. The van der Waals surface area contributed by atoms with Crippen LogP contribution in [-0.2, 0) is 22.4 Å². The van der Waals surface area contributed by atoms with Crippen molar-refractivity contribution in [2.45, 2.75) is 57.4 Å². The van der Waals surface area contributed by atoms with E-state index in [4.69, 9.17) is 0 Å². The molecule has 0 bridgehead atoms. The number of carbonyl (C=O) groups is 2. The van der Waals surface area contributed by atoms with E-state index in [1.807, 2.05) is 4.90 Å². The van der Waals surface area contributed by atoms with Gasteiger partial charge in [0, 0.05) is 23.9 Å². The summed E-state index contributed by atoms with van der Waals surface area (Å²) >= 11 is 1.61. The van der Waals surface area contributed by atoms with Crippen molar-refractivity contribution in [1.82, 2.24) is 9.88 Å². The van der Waals surface area contributed by atoms with Gasteiger partial charge in [-0.15, -0.1) is 11.3 Å². The number of hydrogen-bond donors (Lipinski definition) is 1. The number of rotatable bonds is 3. The molecule has 118 valence electrons. The molecule has 2 amide bonds. The Bertz CT molecular complexity index is 585. The Labute approximate surface area is 134 Å². The molecular formula is C16H21N3O2S. The quantitative estimate of drug-likeness (QED) is 0.870. The number of likely N-dealkylation sites (tertiary alicyclic amines) is 1. The van der Waals surface area contributed by atoms with Crippen LogP contribution < -0.4 is 5.32 Å². The standard InChI is InChI=1S/C16H21N3O2S/c20-14-8-10(9-19(14)11-6-7-11)15(21)18-16-17-12-4-2-1-3-5-13(12)22-16/h10-11H,1-9H2,(H,17,18,21)/t10-/m1/s1. The maximum atomic E-state index is 12.4. The zero-order valence-corrected chi connectivity index (χ0v) is 13.5. The van der Waals surface area contributed by atoms with Crippen LogP contribution >= 0.6 is 11.3 Å². The Morgan fingerprint density at radius 1 is 1.23 bits per heavy atom. The van der Waals surface area contributed by atoms with E-state index in [-0.39, 0.29) is 17.7 Å². The number of nitrogens with one attached hydrogen (secondary N) is 1. The van der Waals surface area contributed by atoms with Gasteiger partial charge >= 0.3 is 0 Å². The highest BCUT2D eigenvalue weighted by atomic mass is 32.1. The minimum atomic E-state index is -0.211. The second-order valence-electron chi connectivity index (χ2n) is 6.62. The average Bonchev–Trinajstić information content (AvgIpc) is 3.21. The van der Waals surface area contributed by atoms with E-state index < -0.39 is 0 Å². The molecule has 6 heteroatoms. The first kappa shape index (κ1) is 14.2. The number of nitrogens with zero attached hydrogens (tertiary/aromatic N) is 2. The second-order valence-corrected chi connectivity index (χ2v) is 7.70. The number of aryl methyl sites for hydroxylation is 2. The molecule has 3 aliphatic rings. The smallest absolute Gasteiger partial charge is 0.231 e. The van der Waals surface area contributed by atoms with Gasteiger partial charge in [-0.25, -0.2) is 4.98 Å². The number of hydrogen-bond acceptors (Lipinski definition) is 4.